The van der Waals surface area contributed by atoms with Gasteiger partial charge in [0.1, 0.15) is 17.6 Å². The van der Waals surface area contributed by atoms with Crippen molar-refractivity contribution < 1.29 is 28.9 Å². The van der Waals surface area contributed by atoms with E-state index in [2.05, 4.69) is 0 Å². The maximum absolute atomic E-state index is 13.3. The van der Waals surface area contributed by atoms with Crippen molar-refractivity contribution in [2.45, 2.75) is 13.0 Å². The summed E-state index contributed by atoms with van der Waals surface area (Å²) in [6.07, 6.45) is 0. The second-order valence-corrected chi connectivity index (χ2v) is 8.32. The van der Waals surface area contributed by atoms with Crippen LogP contribution in [0.25, 0.3) is 5.76 Å². The van der Waals surface area contributed by atoms with Crippen molar-refractivity contribution in [1.82, 2.24) is 0 Å². The molecule has 0 bridgehead atoms. The lowest BCUT2D eigenvalue weighted by Crippen LogP contribution is -2.29. The van der Waals surface area contributed by atoms with Gasteiger partial charge in [-0.2, -0.15) is 0 Å². The first-order valence-electron chi connectivity index (χ1n) is 10.1. The van der Waals surface area contributed by atoms with Gasteiger partial charge in [-0.3, -0.25) is 14.5 Å². The van der Waals surface area contributed by atoms with Gasteiger partial charge in [0.05, 0.1) is 32.5 Å². The van der Waals surface area contributed by atoms with Gasteiger partial charge < -0.3 is 19.3 Å². The predicted octanol–water partition coefficient (Wildman–Crippen LogP) is 4.71. The molecule has 1 saturated heterocycles. The molecular formula is C25H23NO6S. The molecule has 170 valence electrons. The number of benzene rings is 2. The van der Waals surface area contributed by atoms with E-state index in [1.807, 2.05) is 18.4 Å². The number of methoxy groups -OCH3 is 3. The number of ketones is 1. The molecule has 2 aromatic carbocycles. The van der Waals surface area contributed by atoms with E-state index >= 15 is 0 Å². The Morgan fingerprint density at radius 3 is 2.27 bits per heavy atom. The van der Waals surface area contributed by atoms with Crippen LogP contribution < -0.4 is 19.1 Å². The summed E-state index contributed by atoms with van der Waals surface area (Å²) in [5.41, 5.74) is 1.70. The zero-order valence-electron chi connectivity index (χ0n) is 18.6. The molecular weight excluding hydrogens is 442 g/mol. The van der Waals surface area contributed by atoms with Gasteiger partial charge in [-0.25, -0.2) is 0 Å². The molecule has 1 atom stereocenters. The van der Waals surface area contributed by atoms with Gasteiger partial charge in [0.25, 0.3) is 11.7 Å². The van der Waals surface area contributed by atoms with Crippen LogP contribution in [0.1, 0.15) is 22.0 Å². The maximum atomic E-state index is 13.3. The number of thiophene rings is 1. The van der Waals surface area contributed by atoms with E-state index in [0.29, 0.717) is 28.5 Å². The number of aliphatic hydroxyl groups is 1. The van der Waals surface area contributed by atoms with Crippen LogP contribution in [0.2, 0.25) is 0 Å². The monoisotopic (exact) mass is 465 g/mol. The van der Waals surface area contributed by atoms with E-state index in [1.54, 1.807) is 42.5 Å². The Balaban J connectivity index is 1.97. The van der Waals surface area contributed by atoms with Crippen LogP contribution in [0, 0.1) is 6.92 Å². The molecule has 1 fully saturated rings. The normalized spacial score (nSPS) is 17.3. The molecule has 33 heavy (non-hydrogen) atoms. The average Bonchev–Trinajstić information content (AvgIpc) is 3.38. The molecule has 8 heteroatoms. The van der Waals surface area contributed by atoms with Crippen molar-refractivity contribution >= 4 is 34.5 Å². The minimum Gasteiger partial charge on any atom is -0.507 e. The van der Waals surface area contributed by atoms with Crippen LogP contribution in [-0.4, -0.2) is 38.1 Å². The van der Waals surface area contributed by atoms with E-state index in [9.17, 15) is 14.7 Å². The van der Waals surface area contributed by atoms with Crippen LogP contribution in [0.15, 0.2) is 59.5 Å². The number of hydrogen-bond donors (Lipinski definition) is 1. The SMILES string of the molecule is COc1ccc(N2C(=O)C(=O)/C(=C(\O)c3ccccc3OC)C2c2sccc2C)cc1OC. The Morgan fingerprint density at radius 1 is 0.939 bits per heavy atom. The quantitative estimate of drug-likeness (QED) is 0.322. The third-order valence-corrected chi connectivity index (χ3v) is 6.67. The van der Waals surface area contributed by atoms with Gasteiger partial charge in [0.2, 0.25) is 0 Å². The Labute approximate surface area is 195 Å². The third kappa shape index (κ3) is 3.72. The number of carbonyl (C=O) groups excluding carboxylic acids is 2. The van der Waals surface area contributed by atoms with Crippen LogP contribution in [0.5, 0.6) is 17.2 Å². The molecule has 1 aromatic heterocycles. The molecule has 7 nitrogen and oxygen atoms in total. The fraction of sp³-hybridized carbons (Fsp3) is 0.200. The largest absolute Gasteiger partial charge is 0.507 e. The maximum Gasteiger partial charge on any atom is 0.300 e. The van der Waals surface area contributed by atoms with Crippen LogP contribution >= 0.6 is 11.3 Å². The molecule has 0 spiro atoms. The number of aliphatic hydroxyl groups excluding tert-OH is 1. The van der Waals surface area contributed by atoms with Crippen LogP contribution in [0.4, 0.5) is 5.69 Å². The minimum absolute atomic E-state index is 0.00448. The third-order valence-electron chi connectivity index (χ3n) is 5.60. The molecule has 1 amide bonds. The highest BCUT2D eigenvalue weighted by Crippen LogP contribution is 2.46. The summed E-state index contributed by atoms with van der Waals surface area (Å²) in [4.78, 5) is 28.8. The zero-order valence-corrected chi connectivity index (χ0v) is 19.4. The fourth-order valence-corrected chi connectivity index (χ4v) is 5.00. The first-order chi connectivity index (χ1) is 15.9. The molecule has 0 radical (unpaired) electrons. The van der Waals surface area contributed by atoms with E-state index in [1.165, 1.54) is 37.6 Å². The van der Waals surface area contributed by atoms with E-state index in [0.717, 1.165) is 10.4 Å². The zero-order chi connectivity index (χ0) is 23.7. The molecule has 1 N–H and O–H groups in total. The number of carbonyl (C=O) groups is 2. The van der Waals surface area contributed by atoms with Crippen molar-refractivity contribution in [2.24, 2.45) is 0 Å². The number of para-hydroxylation sites is 1. The van der Waals surface area contributed by atoms with Gasteiger partial charge in [-0.15, -0.1) is 11.3 Å². The molecule has 1 unspecified atom stereocenters. The second-order valence-electron chi connectivity index (χ2n) is 7.38. The van der Waals surface area contributed by atoms with Crippen molar-refractivity contribution in [3.8, 4) is 17.2 Å². The number of ether oxygens (including phenoxy) is 3. The summed E-state index contributed by atoms with van der Waals surface area (Å²) in [5, 5.41) is 13.2. The van der Waals surface area contributed by atoms with Crippen molar-refractivity contribution in [3.05, 3.63) is 75.5 Å². The lowest BCUT2D eigenvalue weighted by molar-refractivity contribution is -0.132. The van der Waals surface area contributed by atoms with Gasteiger partial charge in [-0.1, -0.05) is 12.1 Å². The summed E-state index contributed by atoms with van der Waals surface area (Å²) in [6.45, 7) is 1.91. The molecule has 0 aliphatic carbocycles. The highest BCUT2D eigenvalue weighted by molar-refractivity contribution is 7.10. The highest BCUT2D eigenvalue weighted by atomic mass is 32.1. The first kappa shape index (κ1) is 22.4. The first-order valence-corrected chi connectivity index (χ1v) is 11.0. The average molecular weight is 466 g/mol. The number of aryl methyl sites for hydroxylation is 1. The Morgan fingerprint density at radius 2 is 1.64 bits per heavy atom. The standard InChI is InChI=1S/C25H23NO6S/c1-14-11-12-33-24(14)21-20(22(27)16-7-5-6-8-17(16)30-2)23(28)25(29)26(21)15-9-10-18(31-3)19(13-15)32-4/h5-13,21,27H,1-4H3/b22-20-. The molecule has 1 aliphatic heterocycles. The predicted molar refractivity (Wildman–Crippen MR) is 126 cm³/mol. The number of rotatable bonds is 6. The summed E-state index contributed by atoms with van der Waals surface area (Å²) in [6, 6.07) is 12.9. The fourth-order valence-electron chi connectivity index (χ4n) is 3.97. The Bertz CT molecular complexity index is 1260. The summed E-state index contributed by atoms with van der Waals surface area (Å²) in [7, 11) is 4.50. The van der Waals surface area contributed by atoms with E-state index in [-0.39, 0.29) is 11.3 Å². The number of amides is 1. The number of anilines is 1. The number of nitrogens with zero attached hydrogens (tertiary/aromatic N) is 1. The van der Waals surface area contributed by atoms with Crippen molar-refractivity contribution in [1.29, 1.82) is 0 Å². The second kappa shape index (κ2) is 8.99. The minimum atomic E-state index is -0.812. The molecule has 0 saturated carbocycles. The molecule has 1 aliphatic rings. The Hall–Kier alpha value is -3.78. The van der Waals surface area contributed by atoms with Crippen molar-refractivity contribution in [3.63, 3.8) is 0 Å². The van der Waals surface area contributed by atoms with Crippen molar-refractivity contribution in [2.75, 3.05) is 26.2 Å². The summed E-state index contributed by atoms with van der Waals surface area (Å²) < 4.78 is 16.1. The van der Waals surface area contributed by atoms with Crippen LogP contribution in [-0.2, 0) is 9.59 Å². The van der Waals surface area contributed by atoms with Crippen LogP contribution in [0.3, 0.4) is 0 Å². The van der Waals surface area contributed by atoms with Gasteiger partial charge in [0, 0.05) is 16.6 Å². The lowest BCUT2D eigenvalue weighted by atomic mass is 9.98. The number of Topliss-reactive ketones (excluding diaryl/α,β-unsaturated/α-hetero) is 1. The smallest absolute Gasteiger partial charge is 0.300 e. The number of hydrogen-bond acceptors (Lipinski definition) is 7. The summed E-state index contributed by atoms with van der Waals surface area (Å²) >= 11 is 1.41. The highest BCUT2D eigenvalue weighted by Gasteiger charge is 2.48. The molecule has 2 heterocycles. The summed E-state index contributed by atoms with van der Waals surface area (Å²) in [5.74, 6) is -0.484. The topological polar surface area (TPSA) is 85.3 Å². The lowest BCUT2D eigenvalue weighted by Gasteiger charge is -2.25. The van der Waals surface area contributed by atoms with E-state index in [4.69, 9.17) is 14.2 Å². The van der Waals surface area contributed by atoms with Gasteiger partial charge in [-0.05, 0) is 48.2 Å². The van der Waals surface area contributed by atoms with Gasteiger partial charge >= 0.3 is 0 Å². The van der Waals surface area contributed by atoms with E-state index < -0.39 is 17.7 Å². The Kier molecular flexibility index (Phi) is 6.11. The van der Waals surface area contributed by atoms with Gasteiger partial charge in [0.15, 0.2) is 11.5 Å². The molecule has 4 rings (SSSR count). The molecule has 3 aromatic rings.